The predicted molar refractivity (Wildman–Crippen MR) is 323 cm³/mol. The second kappa shape index (κ2) is 23.9. The molecule has 4 aliphatic heterocycles. The molecule has 448 valence electrons. The molecule has 10 rings (SSSR count). The van der Waals surface area contributed by atoms with Gasteiger partial charge in [-0.05, 0) is 124 Å². The number of sulfonamides is 2. The third-order valence-electron chi connectivity index (χ3n) is 13.9. The van der Waals surface area contributed by atoms with Crippen molar-refractivity contribution in [2.24, 2.45) is 10.2 Å². The Morgan fingerprint density at radius 3 is 1.59 bits per heavy atom. The fourth-order valence-electron chi connectivity index (χ4n) is 9.72. The van der Waals surface area contributed by atoms with E-state index in [1.807, 2.05) is 0 Å². The Hall–Kier alpha value is -9.52. The van der Waals surface area contributed by atoms with Crippen molar-refractivity contribution in [1.82, 2.24) is 24.6 Å². The van der Waals surface area contributed by atoms with Crippen LogP contribution in [0.5, 0.6) is 0 Å². The van der Waals surface area contributed by atoms with Gasteiger partial charge in [0.2, 0.25) is 20.0 Å². The number of aryl methyl sites for hydroxylation is 1. The number of H-pyrrole nitrogens is 2. The van der Waals surface area contributed by atoms with E-state index in [1.54, 1.807) is 56.3 Å². The van der Waals surface area contributed by atoms with Gasteiger partial charge >= 0.3 is 11.9 Å². The Balaban J connectivity index is 0.000000220. The second-order valence-electron chi connectivity index (χ2n) is 20.4. The fourth-order valence-corrected chi connectivity index (χ4v) is 14.2. The molecule has 30 heteroatoms. The summed E-state index contributed by atoms with van der Waals surface area (Å²) in [5.41, 5.74) is 4.34. The number of aromatic carboxylic acids is 2. The van der Waals surface area contributed by atoms with Gasteiger partial charge in [-0.15, -0.1) is 0 Å². The summed E-state index contributed by atoms with van der Waals surface area (Å²) in [6.07, 6.45) is 11.5. The number of hydrogen-bond donors (Lipinski definition) is 6. The van der Waals surface area contributed by atoms with Crippen molar-refractivity contribution in [3.63, 3.8) is 0 Å². The number of carbonyl (C=O) groups is 4. The van der Waals surface area contributed by atoms with Crippen LogP contribution < -0.4 is 25.6 Å². The third-order valence-corrected chi connectivity index (χ3v) is 18.6. The van der Waals surface area contributed by atoms with Crippen molar-refractivity contribution in [3.05, 3.63) is 187 Å². The average molecular weight is 1250 g/mol. The topological polar surface area (TPSA) is 376 Å². The monoisotopic (exact) mass is 1250 g/mol. The number of hydrazone groups is 2. The molecule has 4 aromatic carbocycles. The van der Waals surface area contributed by atoms with Gasteiger partial charge in [-0.2, -0.15) is 15.2 Å². The lowest BCUT2D eigenvalue weighted by Crippen LogP contribution is -2.34. The number of aromatic nitrogens is 4. The zero-order valence-corrected chi connectivity index (χ0v) is 49.3. The minimum Gasteiger partial charge on any atom is -0.478 e. The molecular weight excluding hydrogens is 1200 g/mol. The Kier molecular flexibility index (Phi) is 16.9. The molecule has 2 amide bonds. The minimum absolute atomic E-state index is 0.0735. The van der Waals surface area contributed by atoms with Crippen LogP contribution in [0, 0.1) is 6.92 Å². The summed E-state index contributed by atoms with van der Waals surface area (Å²) in [6.45, 7) is 3.41. The standard InChI is InChI=1S/C31H34N6O10S4.C25H20N4O6/c1-48(40,41)34-22-10-6-20(7-11-22)28-26(30(38)36(32-28)24-14-16-50(44,45)18-24)4-3-5-27-29(21-8-12-23(13-9-21)35-49(2,42)43)33-37(31(27)39)25-15-17-51(46,47)19-25;1-14-20(22(30)28(26-14)18-10-6-16(7-11-18)24(32)33)4-3-5-21-15(2)27-29(23(21)31)19-12-8-17(9-13-19)25(34)35/h3-13,24-25,32,34-35H,14-19H2,1-2H3;3-13,26H,1-2H3,(H,32,33)(H,34,35). The van der Waals surface area contributed by atoms with E-state index in [4.69, 9.17) is 10.2 Å². The lowest BCUT2D eigenvalue weighted by atomic mass is 10.0. The molecule has 0 aliphatic carbocycles. The lowest BCUT2D eigenvalue weighted by molar-refractivity contribution is -0.127. The van der Waals surface area contributed by atoms with Crippen LogP contribution in [-0.4, -0.2) is 145 Å². The molecule has 2 fully saturated rings. The Bertz CT molecular complexity index is 4550. The van der Waals surface area contributed by atoms with Crippen LogP contribution in [0.4, 0.5) is 17.1 Å². The number of anilines is 3. The zero-order valence-electron chi connectivity index (χ0n) is 46.0. The summed E-state index contributed by atoms with van der Waals surface area (Å²) < 4.78 is 103. The maximum absolute atomic E-state index is 13.8. The second-order valence-corrected chi connectivity index (χ2v) is 28.3. The highest BCUT2D eigenvalue weighted by Crippen LogP contribution is 2.31. The number of amides is 2. The fraction of sp³-hybridized carbons (Fsp3) is 0.214. The Labute approximate surface area is 491 Å². The molecule has 2 saturated heterocycles. The Morgan fingerprint density at radius 1 is 0.605 bits per heavy atom. The first kappa shape index (κ1) is 61.1. The van der Waals surface area contributed by atoms with Gasteiger partial charge in [0.05, 0.1) is 104 Å². The first-order valence-electron chi connectivity index (χ1n) is 25.9. The number of nitrogens with zero attached hydrogens (tertiary/aromatic N) is 6. The molecule has 0 bridgehead atoms. The first-order chi connectivity index (χ1) is 40.4. The molecule has 6 aromatic rings. The maximum atomic E-state index is 13.8. The highest BCUT2D eigenvalue weighted by molar-refractivity contribution is 7.92. The number of carboxylic acids is 2. The van der Waals surface area contributed by atoms with E-state index in [-0.39, 0.29) is 86.7 Å². The maximum Gasteiger partial charge on any atom is 0.335 e. The van der Waals surface area contributed by atoms with Gasteiger partial charge in [-0.3, -0.25) is 38.8 Å². The summed E-state index contributed by atoms with van der Waals surface area (Å²) in [7, 11) is -13.8. The number of carboxylic acid groups (broad SMARTS) is 2. The van der Waals surface area contributed by atoms with Gasteiger partial charge in [0, 0.05) is 28.2 Å². The van der Waals surface area contributed by atoms with Gasteiger partial charge in [0.1, 0.15) is 5.71 Å². The quantitative estimate of drug-likeness (QED) is 0.0724. The van der Waals surface area contributed by atoms with Crippen LogP contribution in [0.1, 0.15) is 68.9 Å². The predicted octanol–water partition coefficient (Wildman–Crippen LogP) is 4.55. The normalized spacial score (nSPS) is 19.3. The van der Waals surface area contributed by atoms with Crippen molar-refractivity contribution in [3.8, 4) is 16.9 Å². The van der Waals surface area contributed by atoms with Crippen LogP contribution in [0.25, 0.3) is 29.1 Å². The molecule has 2 atom stereocenters. The molecule has 0 radical (unpaired) electrons. The summed E-state index contributed by atoms with van der Waals surface area (Å²) in [5, 5.41) is 35.2. The van der Waals surface area contributed by atoms with E-state index in [1.165, 1.54) is 105 Å². The number of sulfone groups is 2. The number of hydrogen-bond acceptors (Lipinski definition) is 16. The lowest BCUT2D eigenvalue weighted by Gasteiger charge is -2.17. The molecular formula is C56H54N10O16S4. The van der Waals surface area contributed by atoms with Crippen LogP contribution in [0.2, 0.25) is 0 Å². The van der Waals surface area contributed by atoms with E-state index in [9.17, 15) is 62.4 Å². The highest BCUT2D eigenvalue weighted by atomic mass is 32.2. The van der Waals surface area contributed by atoms with Gasteiger partial charge in [-0.25, -0.2) is 57.6 Å². The van der Waals surface area contributed by atoms with E-state index < -0.39 is 75.2 Å². The SMILES string of the molecule is CC1=NN(c2ccc(C(=O)O)cc2)C(=O)C1=CC=Cc1c(C)[nH]n(-c2ccc(C(=O)O)cc2)c1=O.CS(=O)(=O)Nc1ccc(C2=NN(C3CCS(=O)(=O)C3)C(=O)C2=CC=Cc2c(-c3ccc(NS(C)(=O)=O)cc3)[nH]n(C3CCS(=O)(=O)C3)c2=O)cc1. The van der Waals surface area contributed by atoms with Crippen LogP contribution in [0.3, 0.4) is 0 Å². The van der Waals surface area contributed by atoms with Crippen molar-refractivity contribution in [2.45, 2.75) is 38.8 Å². The van der Waals surface area contributed by atoms with E-state index in [2.05, 4.69) is 29.8 Å². The number of nitrogens with one attached hydrogen (secondary N) is 4. The van der Waals surface area contributed by atoms with Gasteiger partial charge in [0.25, 0.3) is 22.9 Å². The largest absolute Gasteiger partial charge is 0.478 e. The molecule has 0 spiro atoms. The van der Waals surface area contributed by atoms with Crippen molar-refractivity contribution in [1.29, 1.82) is 0 Å². The molecule has 4 aliphatic rings. The van der Waals surface area contributed by atoms with E-state index in [0.29, 0.717) is 50.7 Å². The van der Waals surface area contributed by atoms with E-state index in [0.717, 1.165) is 17.5 Å². The number of allylic oxidation sites excluding steroid dienone is 4. The van der Waals surface area contributed by atoms with Gasteiger partial charge in [0.15, 0.2) is 19.7 Å². The van der Waals surface area contributed by atoms with Crippen molar-refractivity contribution in [2.75, 3.05) is 50.0 Å². The first-order valence-corrected chi connectivity index (χ1v) is 33.4. The zero-order chi connectivity index (χ0) is 62.2. The average Bonchev–Trinajstić information content (AvgIpc) is 3.18. The number of carbonyl (C=O) groups excluding carboxylic acids is 2. The van der Waals surface area contributed by atoms with Gasteiger partial charge < -0.3 is 10.2 Å². The van der Waals surface area contributed by atoms with Gasteiger partial charge in [-0.1, -0.05) is 36.4 Å². The number of aromatic amines is 2. The van der Waals surface area contributed by atoms with E-state index >= 15 is 0 Å². The van der Waals surface area contributed by atoms with Crippen LogP contribution >= 0.6 is 0 Å². The summed E-state index contributed by atoms with van der Waals surface area (Å²) in [6, 6.07) is 22.7. The summed E-state index contributed by atoms with van der Waals surface area (Å²) >= 11 is 0. The van der Waals surface area contributed by atoms with Crippen LogP contribution in [0.15, 0.2) is 152 Å². The molecule has 86 heavy (non-hydrogen) atoms. The molecule has 2 unspecified atom stereocenters. The summed E-state index contributed by atoms with van der Waals surface area (Å²) in [4.78, 5) is 75.3. The molecule has 6 heterocycles. The van der Waals surface area contributed by atoms with Crippen molar-refractivity contribution < 1.29 is 63.1 Å². The molecule has 6 N–H and O–H groups in total. The number of benzene rings is 4. The Morgan fingerprint density at radius 2 is 1.09 bits per heavy atom. The van der Waals surface area contributed by atoms with Crippen LogP contribution in [-0.2, 0) is 49.3 Å². The smallest absolute Gasteiger partial charge is 0.335 e. The number of rotatable bonds is 16. The molecule has 2 aromatic heterocycles. The third kappa shape index (κ3) is 13.8. The highest BCUT2D eigenvalue weighted by Gasteiger charge is 2.41. The minimum atomic E-state index is -3.55. The molecule has 0 saturated carbocycles. The summed E-state index contributed by atoms with van der Waals surface area (Å²) in [5.74, 6) is -3.70. The van der Waals surface area contributed by atoms with Crippen molar-refractivity contribution >= 4 is 104 Å². The molecule has 26 nitrogen and oxygen atoms in total.